The highest BCUT2D eigenvalue weighted by Crippen LogP contribution is 2.40. The van der Waals surface area contributed by atoms with E-state index in [2.05, 4.69) is 0 Å². The molecule has 0 bridgehead atoms. The van der Waals surface area contributed by atoms with Crippen molar-refractivity contribution in [2.24, 2.45) is 0 Å². The quantitative estimate of drug-likeness (QED) is 0.709. The predicted molar refractivity (Wildman–Crippen MR) is 102 cm³/mol. The lowest BCUT2D eigenvalue weighted by Crippen LogP contribution is -2.48. The van der Waals surface area contributed by atoms with E-state index in [1.165, 1.54) is 17.0 Å². The highest BCUT2D eigenvalue weighted by molar-refractivity contribution is 5.70. The van der Waals surface area contributed by atoms with E-state index in [0.29, 0.717) is 31.4 Å². The largest absolute Gasteiger partial charge is 0.438 e. The van der Waals surface area contributed by atoms with Crippen molar-refractivity contribution in [3.05, 3.63) is 71.3 Å². The molecular formula is C22H24F3NO3. The monoisotopic (exact) mass is 407 g/mol. The smallest absolute Gasteiger partial charge is 0.416 e. The zero-order chi connectivity index (χ0) is 21.1. The Morgan fingerprint density at radius 2 is 1.79 bits per heavy atom. The number of hydrogen-bond donors (Lipinski definition) is 1. The van der Waals surface area contributed by atoms with Crippen LogP contribution in [0.2, 0.25) is 0 Å². The average molecular weight is 407 g/mol. The van der Waals surface area contributed by atoms with Gasteiger partial charge in [0, 0.05) is 19.6 Å². The second-order valence-corrected chi connectivity index (χ2v) is 7.29. The van der Waals surface area contributed by atoms with E-state index >= 15 is 0 Å². The topological polar surface area (TPSA) is 49.8 Å². The van der Waals surface area contributed by atoms with Crippen molar-refractivity contribution in [3.63, 3.8) is 0 Å². The molecular weight excluding hydrogens is 383 g/mol. The summed E-state index contributed by atoms with van der Waals surface area (Å²) in [6, 6.07) is 13.9. The zero-order valence-corrected chi connectivity index (χ0v) is 16.2. The number of aliphatic hydroxyl groups is 1. The Morgan fingerprint density at radius 3 is 2.34 bits per heavy atom. The molecule has 1 N–H and O–H groups in total. The van der Waals surface area contributed by atoms with Crippen molar-refractivity contribution in [1.29, 1.82) is 0 Å². The Morgan fingerprint density at radius 1 is 1.14 bits per heavy atom. The van der Waals surface area contributed by atoms with Crippen molar-refractivity contribution < 1.29 is 27.8 Å². The molecule has 7 heteroatoms. The van der Waals surface area contributed by atoms with Crippen molar-refractivity contribution in [3.8, 4) is 0 Å². The van der Waals surface area contributed by atoms with Crippen LogP contribution in [0.25, 0.3) is 0 Å². The summed E-state index contributed by atoms with van der Waals surface area (Å²) >= 11 is 0. The molecule has 1 unspecified atom stereocenters. The number of rotatable bonds is 6. The van der Waals surface area contributed by atoms with Crippen molar-refractivity contribution in [2.75, 3.05) is 13.2 Å². The number of alkyl halides is 3. The lowest BCUT2D eigenvalue weighted by Gasteiger charge is -2.43. The van der Waals surface area contributed by atoms with Crippen molar-refractivity contribution >= 4 is 6.09 Å². The van der Waals surface area contributed by atoms with Gasteiger partial charge in [0.2, 0.25) is 0 Å². The van der Waals surface area contributed by atoms with Gasteiger partial charge in [-0.1, -0.05) is 42.5 Å². The molecule has 1 heterocycles. The maximum Gasteiger partial charge on any atom is 0.416 e. The molecule has 3 rings (SSSR count). The Balaban J connectivity index is 1.78. The molecule has 2 atom stereocenters. The summed E-state index contributed by atoms with van der Waals surface area (Å²) in [7, 11) is 0. The third-order valence-electron chi connectivity index (χ3n) is 5.50. The SMILES string of the molecule is C[C@@H](c1ccc(C(F)(F)F)cc1)N1CCC(CCCO)(c2ccccc2)OC1=O. The molecule has 1 amide bonds. The number of nitrogens with zero attached hydrogens (tertiary/aromatic N) is 1. The van der Waals surface area contributed by atoms with Gasteiger partial charge >= 0.3 is 12.3 Å². The van der Waals surface area contributed by atoms with E-state index in [0.717, 1.165) is 17.7 Å². The molecule has 156 valence electrons. The molecule has 0 aromatic heterocycles. The molecule has 0 saturated carbocycles. The van der Waals surface area contributed by atoms with Gasteiger partial charge in [-0.3, -0.25) is 0 Å². The number of amides is 1. The van der Waals surface area contributed by atoms with E-state index in [9.17, 15) is 23.1 Å². The van der Waals surface area contributed by atoms with Crippen LogP contribution in [0.3, 0.4) is 0 Å². The average Bonchev–Trinajstić information content (AvgIpc) is 2.72. The number of hydrogen-bond acceptors (Lipinski definition) is 3. The second kappa shape index (κ2) is 8.45. The molecule has 1 aliphatic rings. The van der Waals surface area contributed by atoms with Crippen LogP contribution in [0.4, 0.5) is 18.0 Å². The third-order valence-corrected chi connectivity index (χ3v) is 5.50. The fraction of sp³-hybridized carbons (Fsp3) is 0.409. The van der Waals surface area contributed by atoms with Crippen molar-refractivity contribution in [1.82, 2.24) is 4.90 Å². The number of aliphatic hydroxyl groups excluding tert-OH is 1. The number of carbonyl (C=O) groups excluding carboxylic acids is 1. The van der Waals surface area contributed by atoms with Gasteiger partial charge in [-0.05, 0) is 43.0 Å². The van der Waals surface area contributed by atoms with Crippen molar-refractivity contribution in [2.45, 2.75) is 44.0 Å². The maximum absolute atomic E-state index is 12.8. The molecule has 1 aliphatic heterocycles. The van der Waals surface area contributed by atoms with Crippen LogP contribution >= 0.6 is 0 Å². The van der Waals surface area contributed by atoms with Gasteiger partial charge in [0.15, 0.2) is 0 Å². The highest BCUT2D eigenvalue weighted by Gasteiger charge is 2.43. The van der Waals surface area contributed by atoms with Crippen LogP contribution in [0, 0.1) is 0 Å². The number of halogens is 3. The summed E-state index contributed by atoms with van der Waals surface area (Å²) in [6.07, 6.45) is -3.37. The summed E-state index contributed by atoms with van der Waals surface area (Å²) in [5.74, 6) is 0. The molecule has 4 nitrogen and oxygen atoms in total. The van der Waals surface area contributed by atoms with E-state index < -0.39 is 29.5 Å². The normalized spacial score (nSPS) is 21.0. The Labute approximate surface area is 167 Å². The first kappa shape index (κ1) is 21.2. The van der Waals surface area contributed by atoms with E-state index in [4.69, 9.17) is 4.74 Å². The first-order chi connectivity index (χ1) is 13.8. The summed E-state index contributed by atoms with van der Waals surface area (Å²) in [5, 5.41) is 9.26. The first-order valence-corrected chi connectivity index (χ1v) is 9.60. The number of cyclic esters (lactones) is 1. The van der Waals surface area contributed by atoms with Gasteiger partial charge in [0.25, 0.3) is 0 Å². The minimum absolute atomic E-state index is 0.00218. The molecule has 2 aromatic carbocycles. The van der Waals surface area contributed by atoms with Gasteiger partial charge in [-0.2, -0.15) is 13.2 Å². The molecule has 2 aromatic rings. The lowest BCUT2D eigenvalue weighted by molar-refractivity contribution is -0.137. The Bertz CT molecular complexity index is 823. The van der Waals surface area contributed by atoms with Crippen LogP contribution < -0.4 is 0 Å². The number of carbonyl (C=O) groups is 1. The molecule has 0 radical (unpaired) electrons. The van der Waals surface area contributed by atoms with Crippen LogP contribution in [0.5, 0.6) is 0 Å². The molecule has 29 heavy (non-hydrogen) atoms. The van der Waals surface area contributed by atoms with Crippen LogP contribution in [0.15, 0.2) is 54.6 Å². The highest BCUT2D eigenvalue weighted by atomic mass is 19.4. The zero-order valence-electron chi connectivity index (χ0n) is 16.2. The number of benzene rings is 2. The molecule has 0 aliphatic carbocycles. The van der Waals surface area contributed by atoms with Gasteiger partial charge in [-0.25, -0.2) is 4.79 Å². The lowest BCUT2D eigenvalue weighted by atomic mass is 9.84. The fourth-order valence-corrected chi connectivity index (χ4v) is 3.78. The minimum atomic E-state index is -4.40. The van der Waals surface area contributed by atoms with Crippen LogP contribution in [-0.2, 0) is 16.5 Å². The van der Waals surface area contributed by atoms with Gasteiger partial charge in [-0.15, -0.1) is 0 Å². The van der Waals surface area contributed by atoms with E-state index in [1.807, 2.05) is 30.3 Å². The molecule has 1 fully saturated rings. The second-order valence-electron chi connectivity index (χ2n) is 7.29. The minimum Gasteiger partial charge on any atom is -0.438 e. The fourth-order valence-electron chi connectivity index (χ4n) is 3.78. The molecule has 0 spiro atoms. The van der Waals surface area contributed by atoms with E-state index in [1.54, 1.807) is 6.92 Å². The first-order valence-electron chi connectivity index (χ1n) is 9.60. The maximum atomic E-state index is 12.8. The van der Waals surface area contributed by atoms with Crippen LogP contribution in [-0.4, -0.2) is 29.3 Å². The summed E-state index contributed by atoms with van der Waals surface area (Å²) in [4.78, 5) is 14.4. The summed E-state index contributed by atoms with van der Waals surface area (Å²) < 4.78 is 44.2. The van der Waals surface area contributed by atoms with Gasteiger partial charge < -0.3 is 14.7 Å². The summed E-state index contributed by atoms with van der Waals surface area (Å²) in [5.41, 5.74) is -0.0415. The standard InChI is InChI=1S/C22H24F3NO3/c1-16(17-8-10-19(11-9-17)22(23,24)25)26-14-13-21(12-5-15-27,29-20(26)28)18-6-3-2-4-7-18/h2-4,6-11,16,27H,5,12-15H2,1H3/t16-,21?/m0/s1. The summed E-state index contributed by atoms with van der Waals surface area (Å²) in [6.45, 7) is 2.17. The van der Waals surface area contributed by atoms with Gasteiger partial charge in [0.05, 0.1) is 11.6 Å². The van der Waals surface area contributed by atoms with E-state index in [-0.39, 0.29) is 6.61 Å². The third kappa shape index (κ3) is 4.56. The molecule has 1 saturated heterocycles. The van der Waals surface area contributed by atoms with Gasteiger partial charge in [0.1, 0.15) is 5.60 Å². The number of ether oxygens (including phenoxy) is 1. The Kier molecular flexibility index (Phi) is 6.17. The predicted octanol–water partition coefficient (Wildman–Crippen LogP) is 5.28. The van der Waals surface area contributed by atoms with Crippen LogP contribution in [0.1, 0.15) is 48.9 Å². The Hall–Kier alpha value is -2.54.